The van der Waals surface area contributed by atoms with Crippen molar-refractivity contribution in [3.8, 4) is 11.8 Å². The first-order valence-corrected chi connectivity index (χ1v) is 8.40. The van der Waals surface area contributed by atoms with E-state index < -0.39 is 0 Å². The maximum atomic E-state index is 11.3. The van der Waals surface area contributed by atoms with E-state index in [4.69, 9.17) is 34.8 Å². The van der Waals surface area contributed by atoms with E-state index in [9.17, 15) is 10.1 Å². The largest absolute Gasteiger partial charge is 0.364 e. The Balaban J connectivity index is 2.39. The second-order valence-electron chi connectivity index (χ2n) is 5.30. The fraction of sp³-hybridized carbons (Fsp3) is 0.312. The molecule has 0 spiro atoms. The molecule has 0 aliphatic rings. The zero-order valence-corrected chi connectivity index (χ0v) is 15.4. The molecule has 126 valence electrons. The van der Waals surface area contributed by atoms with Gasteiger partial charge in [-0.25, -0.2) is 4.68 Å². The molecule has 0 saturated carbocycles. The van der Waals surface area contributed by atoms with Crippen molar-refractivity contribution in [2.45, 2.75) is 32.7 Å². The third-order valence-electron chi connectivity index (χ3n) is 3.46. The smallest absolute Gasteiger partial charge is 0.166 e. The number of rotatable bonds is 6. The predicted octanol–water partition coefficient (Wildman–Crippen LogP) is 4.87. The van der Waals surface area contributed by atoms with E-state index in [1.165, 1.54) is 11.6 Å². The molecule has 1 atom stereocenters. The van der Waals surface area contributed by atoms with Crippen LogP contribution in [-0.4, -0.2) is 21.6 Å². The monoisotopic (exact) mass is 384 g/mol. The zero-order chi connectivity index (χ0) is 17.9. The molecular weight excluding hydrogens is 371 g/mol. The molecule has 1 aromatic heterocycles. The predicted molar refractivity (Wildman–Crippen MR) is 96.3 cm³/mol. The Bertz CT molecular complexity index is 810. The van der Waals surface area contributed by atoms with Gasteiger partial charge in [0.2, 0.25) is 0 Å². The van der Waals surface area contributed by atoms with Gasteiger partial charge in [-0.1, -0.05) is 41.7 Å². The molecule has 0 amide bonds. The van der Waals surface area contributed by atoms with Crippen molar-refractivity contribution < 1.29 is 4.79 Å². The summed E-state index contributed by atoms with van der Waals surface area (Å²) in [6.07, 6.45) is 2.64. The molecule has 0 aliphatic carbocycles. The number of hydrogen-bond donors (Lipinski definition) is 1. The maximum Gasteiger partial charge on any atom is 0.166 e. The van der Waals surface area contributed by atoms with Crippen LogP contribution in [-0.2, 0) is 4.79 Å². The van der Waals surface area contributed by atoms with E-state index in [1.54, 1.807) is 18.3 Å². The molecule has 1 aromatic carbocycles. The van der Waals surface area contributed by atoms with Crippen molar-refractivity contribution in [3.05, 3.63) is 39.0 Å². The lowest BCUT2D eigenvalue weighted by Crippen LogP contribution is -2.22. The number of carbonyl (C=O) groups is 1. The van der Waals surface area contributed by atoms with E-state index in [1.807, 2.05) is 6.92 Å². The third kappa shape index (κ3) is 4.02. The minimum Gasteiger partial charge on any atom is -0.364 e. The lowest BCUT2D eigenvalue weighted by atomic mass is 10.1. The standard InChI is InChI=1S/C16H15Cl3N4O/c1-3-11(6-9(2)24)21-16-10(7-20)8-23(22-16)13-5-4-12(17)14(18)15(13)19/h4-5,8,11H,3,6H2,1-2H3,(H,21,22). The van der Waals surface area contributed by atoms with Crippen LogP contribution >= 0.6 is 34.8 Å². The minimum absolute atomic E-state index is 0.0693. The molecule has 0 bridgehead atoms. The summed E-state index contributed by atoms with van der Waals surface area (Å²) < 4.78 is 1.46. The molecule has 1 unspecified atom stereocenters. The Kier molecular flexibility index (Phi) is 6.11. The Labute approximate surface area is 155 Å². The van der Waals surface area contributed by atoms with Gasteiger partial charge in [0.25, 0.3) is 0 Å². The van der Waals surface area contributed by atoms with Crippen LogP contribution in [0.25, 0.3) is 5.69 Å². The van der Waals surface area contributed by atoms with Gasteiger partial charge in [-0.05, 0) is 25.5 Å². The van der Waals surface area contributed by atoms with Crippen LogP contribution < -0.4 is 5.32 Å². The van der Waals surface area contributed by atoms with Crippen LogP contribution in [0.3, 0.4) is 0 Å². The Hall–Kier alpha value is -1.74. The first-order chi connectivity index (χ1) is 11.4. The Morgan fingerprint density at radius 1 is 1.38 bits per heavy atom. The molecule has 1 N–H and O–H groups in total. The number of benzene rings is 1. The van der Waals surface area contributed by atoms with E-state index in [0.717, 1.165) is 6.42 Å². The molecule has 1 heterocycles. The number of Topliss-reactive ketones (excluding diaryl/α,β-unsaturated/α-hetero) is 1. The molecule has 5 nitrogen and oxygen atoms in total. The van der Waals surface area contributed by atoms with Crippen LogP contribution in [0.1, 0.15) is 32.3 Å². The summed E-state index contributed by atoms with van der Waals surface area (Å²) in [4.78, 5) is 11.3. The summed E-state index contributed by atoms with van der Waals surface area (Å²) in [7, 11) is 0. The van der Waals surface area contributed by atoms with Crippen LogP contribution in [0.5, 0.6) is 0 Å². The van der Waals surface area contributed by atoms with Gasteiger partial charge in [0.15, 0.2) is 5.82 Å². The number of halogens is 3. The van der Waals surface area contributed by atoms with E-state index in [0.29, 0.717) is 28.5 Å². The number of nitriles is 1. The first kappa shape index (κ1) is 18.6. The number of ketones is 1. The highest BCUT2D eigenvalue weighted by molar-refractivity contribution is 6.48. The first-order valence-electron chi connectivity index (χ1n) is 7.27. The molecule has 8 heteroatoms. The molecule has 0 fully saturated rings. The lowest BCUT2D eigenvalue weighted by Gasteiger charge is -2.15. The lowest BCUT2D eigenvalue weighted by molar-refractivity contribution is -0.117. The summed E-state index contributed by atoms with van der Waals surface area (Å²) in [6, 6.07) is 5.26. The van der Waals surface area contributed by atoms with Gasteiger partial charge in [-0.3, -0.25) is 4.79 Å². The van der Waals surface area contributed by atoms with Gasteiger partial charge >= 0.3 is 0 Å². The molecule has 2 aromatic rings. The summed E-state index contributed by atoms with van der Waals surface area (Å²) in [5.41, 5.74) is 0.856. The van der Waals surface area contributed by atoms with Gasteiger partial charge in [0, 0.05) is 12.5 Å². The van der Waals surface area contributed by atoms with Gasteiger partial charge in [0.05, 0.1) is 27.0 Å². The van der Waals surface area contributed by atoms with Gasteiger partial charge in [-0.2, -0.15) is 5.26 Å². The van der Waals surface area contributed by atoms with Crippen molar-refractivity contribution in [1.29, 1.82) is 5.26 Å². The van der Waals surface area contributed by atoms with E-state index >= 15 is 0 Å². The summed E-state index contributed by atoms with van der Waals surface area (Å²) in [5, 5.41) is 17.6. The molecule has 24 heavy (non-hydrogen) atoms. The maximum absolute atomic E-state index is 11.3. The summed E-state index contributed by atoms with van der Waals surface area (Å²) >= 11 is 18.2. The Morgan fingerprint density at radius 3 is 2.67 bits per heavy atom. The average Bonchev–Trinajstić information content (AvgIpc) is 2.94. The molecule has 0 radical (unpaired) electrons. The van der Waals surface area contributed by atoms with Crippen LogP contribution in [0.4, 0.5) is 5.82 Å². The normalized spacial score (nSPS) is 11.8. The van der Waals surface area contributed by atoms with Crippen molar-refractivity contribution in [2.24, 2.45) is 0 Å². The Morgan fingerprint density at radius 2 is 2.08 bits per heavy atom. The van der Waals surface area contributed by atoms with Crippen molar-refractivity contribution in [2.75, 3.05) is 5.32 Å². The van der Waals surface area contributed by atoms with Gasteiger partial charge in [-0.15, -0.1) is 5.10 Å². The number of hydrogen-bond acceptors (Lipinski definition) is 4. The molecule has 0 saturated heterocycles. The number of nitrogens with zero attached hydrogens (tertiary/aromatic N) is 3. The van der Waals surface area contributed by atoms with Crippen molar-refractivity contribution in [1.82, 2.24) is 9.78 Å². The fourth-order valence-electron chi connectivity index (χ4n) is 2.22. The quantitative estimate of drug-likeness (QED) is 0.720. The number of nitrogens with one attached hydrogen (secondary N) is 1. The fourth-order valence-corrected chi connectivity index (χ4v) is 2.83. The topological polar surface area (TPSA) is 70.7 Å². The minimum atomic E-state index is -0.0952. The highest BCUT2D eigenvalue weighted by atomic mass is 35.5. The summed E-state index contributed by atoms with van der Waals surface area (Å²) in [6.45, 7) is 3.49. The number of aromatic nitrogens is 2. The third-order valence-corrected chi connectivity index (χ3v) is 4.75. The van der Waals surface area contributed by atoms with Crippen molar-refractivity contribution in [3.63, 3.8) is 0 Å². The highest BCUT2D eigenvalue weighted by Gasteiger charge is 2.17. The summed E-state index contributed by atoms with van der Waals surface area (Å²) in [5.74, 6) is 0.465. The van der Waals surface area contributed by atoms with E-state index in [-0.39, 0.29) is 21.9 Å². The van der Waals surface area contributed by atoms with Crippen LogP contribution in [0, 0.1) is 11.3 Å². The van der Waals surface area contributed by atoms with Crippen LogP contribution in [0.15, 0.2) is 18.3 Å². The van der Waals surface area contributed by atoms with Crippen LogP contribution in [0.2, 0.25) is 15.1 Å². The highest BCUT2D eigenvalue weighted by Crippen LogP contribution is 2.35. The van der Waals surface area contributed by atoms with Gasteiger partial charge in [0.1, 0.15) is 17.4 Å². The number of carbonyl (C=O) groups excluding carboxylic acids is 1. The second kappa shape index (κ2) is 7.89. The SMILES string of the molecule is CCC(CC(C)=O)Nc1nn(-c2ccc(Cl)c(Cl)c2Cl)cc1C#N. The molecule has 2 rings (SSSR count). The number of anilines is 1. The second-order valence-corrected chi connectivity index (χ2v) is 6.46. The van der Waals surface area contributed by atoms with Crippen molar-refractivity contribution >= 4 is 46.4 Å². The molecular formula is C16H15Cl3N4O. The van der Waals surface area contributed by atoms with Gasteiger partial charge < -0.3 is 5.32 Å². The zero-order valence-electron chi connectivity index (χ0n) is 13.1. The van der Waals surface area contributed by atoms with E-state index in [2.05, 4.69) is 16.5 Å². The average molecular weight is 386 g/mol. The molecule has 0 aliphatic heterocycles.